The first-order valence-electron chi connectivity index (χ1n) is 9.36. The molecule has 3 N–H and O–H groups in total. The molecule has 0 aromatic heterocycles. The van der Waals surface area contributed by atoms with E-state index >= 15 is 0 Å². The number of rotatable bonds is 7. The Morgan fingerprint density at radius 2 is 1.55 bits per heavy atom. The summed E-state index contributed by atoms with van der Waals surface area (Å²) in [4.78, 5) is 24.2. The second-order valence-electron chi connectivity index (χ2n) is 6.60. The molecule has 0 bridgehead atoms. The Balaban J connectivity index is 1.60. The number of nitrogens with one attached hydrogen (secondary N) is 3. The Morgan fingerprint density at radius 3 is 2.29 bits per heavy atom. The van der Waals surface area contributed by atoms with Crippen LogP contribution in [0.4, 0.5) is 5.69 Å². The number of hydrazine groups is 1. The summed E-state index contributed by atoms with van der Waals surface area (Å²) >= 11 is 6.00. The fourth-order valence-corrected chi connectivity index (χ4v) is 4.08. The minimum absolute atomic E-state index is 0.0744. The molecule has 0 aliphatic heterocycles. The lowest BCUT2D eigenvalue weighted by atomic mass is 10.1. The SMILES string of the molecule is O=C(CCc1ccccc1)NNC(=O)c1cccc(S(=O)(=O)Nc2ccccc2Cl)c1. The van der Waals surface area contributed by atoms with Crippen LogP contribution in [0.5, 0.6) is 0 Å². The number of carbonyl (C=O) groups excluding carboxylic acids is 2. The Kier molecular flexibility index (Phi) is 7.28. The number of sulfonamides is 1. The third-order valence-electron chi connectivity index (χ3n) is 4.32. The van der Waals surface area contributed by atoms with Gasteiger partial charge in [0.15, 0.2) is 0 Å². The molecule has 0 aliphatic rings. The first-order valence-corrected chi connectivity index (χ1v) is 11.2. The van der Waals surface area contributed by atoms with Crippen LogP contribution in [0.1, 0.15) is 22.3 Å². The lowest BCUT2D eigenvalue weighted by Gasteiger charge is -2.11. The highest BCUT2D eigenvalue weighted by molar-refractivity contribution is 7.92. The fraction of sp³-hybridized carbons (Fsp3) is 0.0909. The number of anilines is 1. The van der Waals surface area contributed by atoms with Crippen LogP contribution in [0.3, 0.4) is 0 Å². The van der Waals surface area contributed by atoms with Crippen molar-refractivity contribution in [2.45, 2.75) is 17.7 Å². The highest BCUT2D eigenvalue weighted by Crippen LogP contribution is 2.24. The summed E-state index contributed by atoms with van der Waals surface area (Å²) in [5.41, 5.74) is 5.94. The van der Waals surface area contributed by atoms with Crippen LogP contribution in [-0.4, -0.2) is 20.2 Å². The van der Waals surface area contributed by atoms with E-state index in [1.54, 1.807) is 18.2 Å². The van der Waals surface area contributed by atoms with E-state index in [0.717, 1.165) is 5.56 Å². The molecule has 0 aliphatic carbocycles. The van der Waals surface area contributed by atoms with Gasteiger partial charge in [-0.3, -0.25) is 25.2 Å². The molecule has 3 rings (SSSR count). The van der Waals surface area contributed by atoms with Gasteiger partial charge in [0, 0.05) is 12.0 Å². The van der Waals surface area contributed by atoms with Gasteiger partial charge in [-0.15, -0.1) is 0 Å². The van der Waals surface area contributed by atoms with Crippen molar-refractivity contribution in [2.75, 3.05) is 4.72 Å². The van der Waals surface area contributed by atoms with Crippen LogP contribution in [-0.2, 0) is 21.2 Å². The summed E-state index contributed by atoms with van der Waals surface area (Å²) in [5.74, 6) is -0.996. The van der Waals surface area contributed by atoms with Gasteiger partial charge in [-0.25, -0.2) is 8.42 Å². The molecule has 0 heterocycles. The van der Waals surface area contributed by atoms with Gasteiger partial charge in [0.05, 0.1) is 15.6 Å². The monoisotopic (exact) mass is 457 g/mol. The van der Waals surface area contributed by atoms with Crippen LogP contribution in [0.15, 0.2) is 83.8 Å². The molecule has 3 aromatic rings. The Labute approximate surface area is 185 Å². The third-order valence-corrected chi connectivity index (χ3v) is 6.02. The van der Waals surface area contributed by atoms with Gasteiger partial charge in [-0.2, -0.15) is 0 Å². The molecule has 0 fully saturated rings. The maximum absolute atomic E-state index is 12.6. The number of halogens is 1. The maximum atomic E-state index is 12.6. The molecule has 0 unspecified atom stereocenters. The average Bonchev–Trinajstić information content (AvgIpc) is 2.78. The normalized spacial score (nSPS) is 10.9. The van der Waals surface area contributed by atoms with Crippen LogP contribution in [0, 0.1) is 0 Å². The summed E-state index contributed by atoms with van der Waals surface area (Å²) in [6.07, 6.45) is 0.727. The van der Waals surface area contributed by atoms with E-state index in [1.807, 2.05) is 30.3 Å². The fourth-order valence-electron chi connectivity index (χ4n) is 2.72. The van der Waals surface area contributed by atoms with Crippen molar-refractivity contribution in [2.24, 2.45) is 0 Å². The number of carbonyl (C=O) groups is 2. The summed E-state index contributed by atoms with van der Waals surface area (Å²) in [5, 5.41) is 0.248. The van der Waals surface area contributed by atoms with Gasteiger partial charge in [-0.05, 0) is 42.3 Å². The number of amides is 2. The summed E-state index contributed by atoms with van der Waals surface area (Å²) in [6.45, 7) is 0. The van der Waals surface area contributed by atoms with Gasteiger partial charge < -0.3 is 0 Å². The van der Waals surface area contributed by atoms with Crippen molar-refractivity contribution in [3.05, 3.63) is 95.0 Å². The van der Waals surface area contributed by atoms with Gasteiger partial charge in [0.2, 0.25) is 5.91 Å². The average molecular weight is 458 g/mol. The predicted molar refractivity (Wildman–Crippen MR) is 119 cm³/mol. The highest BCUT2D eigenvalue weighted by atomic mass is 35.5. The Morgan fingerprint density at radius 1 is 0.839 bits per heavy atom. The van der Waals surface area contributed by atoms with Crippen molar-refractivity contribution in [1.29, 1.82) is 0 Å². The molecule has 31 heavy (non-hydrogen) atoms. The molecule has 0 spiro atoms. The molecule has 0 saturated heterocycles. The van der Waals surface area contributed by atoms with E-state index in [9.17, 15) is 18.0 Å². The van der Waals surface area contributed by atoms with Crippen LogP contribution in [0.2, 0.25) is 5.02 Å². The van der Waals surface area contributed by atoms with E-state index in [4.69, 9.17) is 11.6 Å². The number of hydrogen-bond donors (Lipinski definition) is 3. The molecule has 9 heteroatoms. The molecule has 3 aromatic carbocycles. The summed E-state index contributed by atoms with van der Waals surface area (Å²) in [6, 6.07) is 21.4. The quantitative estimate of drug-likeness (QED) is 0.472. The molecule has 2 amide bonds. The molecule has 160 valence electrons. The minimum Gasteiger partial charge on any atom is -0.278 e. The van der Waals surface area contributed by atoms with E-state index in [1.165, 1.54) is 30.3 Å². The summed E-state index contributed by atoms with van der Waals surface area (Å²) in [7, 11) is -3.96. The number of benzene rings is 3. The lowest BCUT2D eigenvalue weighted by Crippen LogP contribution is -2.41. The number of hydrogen-bond acceptors (Lipinski definition) is 4. The molecule has 0 radical (unpaired) electrons. The third kappa shape index (κ3) is 6.31. The van der Waals surface area contributed by atoms with Gasteiger partial charge in [-0.1, -0.05) is 60.1 Å². The summed E-state index contributed by atoms with van der Waals surface area (Å²) < 4.78 is 27.7. The van der Waals surface area contributed by atoms with Crippen LogP contribution < -0.4 is 15.6 Å². The Hall–Kier alpha value is -3.36. The van der Waals surface area contributed by atoms with E-state index < -0.39 is 15.9 Å². The highest BCUT2D eigenvalue weighted by Gasteiger charge is 2.18. The van der Waals surface area contributed by atoms with Crippen molar-refractivity contribution in [1.82, 2.24) is 10.9 Å². The van der Waals surface area contributed by atoms with E-state index in [2.05, 4.69) is 15.6 Å². The van der Waals surface area contributed by atoms with Crippen LogP contribution in [0.25, 0.3) is 0 Å². The smallest absolute Gasteiger partial charge is 0.269 e. The maximum Gasteiger partial charge on any atom is 0.269 e. The standard InChI is InChI=1S/C22H20ClN3O4S/c23-19-11-4-5-12-20(19)26-31(29,30)18-10-6-9-17(15-18)22(28)25-24-21(27)14-13-16-7-2-1-3-8-16/h1-12,15,26H,13-14H2,(H,24,27)(H,25,28). The largest absolute Gasteiger partial charge is 0.278 e. The second-order valence-corrected chi connectivity index (χ2v) is 8.69. The van der Waals surface area contributed by atoms with E-state index in [-0.39, 0.29) is 33.5 Å². The van der Waals surface area contributed by atoms with Crippen molar-refractivity contribution < 1.29 is 18.0 Å². The zero-order valence-electron chi connectivity index (χ0n) is 16.3. The second kappa shape index (κ2) is 10.1. The Bertz CT molecular complexity index is 1180. The van der Waals surface area contributed by atoms with Crippen molar-refractivity contribution >= 4 is 39.1 Å². The zero-order chi connectivity index (χ0) is 22.3. The molecule has 0 saturated carbocycles. The first-order chi connectivity index (χ1) is 14.8. The van der Waals surface area contributed by atoms with Crippen LogP contribution >= 0.6 is 11.6 Å². The lowest BCUT2D eigenvalue weighted by molar-refractivity contribution is -0.121. The topological polar surface area (TPSA) is 104 Å². The minimum atomic E-state index is -3.96. The van der Waals surface area contributed by atoms with Crippen molar-refractivity contribution in [3.63, 3.8) is 0 Å². The van der Waals surface area contributed by atoms with Gasteiger partial charge in [0.25, 0.3) is 15.9 Å². The number of aryl methyl sites for hydroxylation is 1. The number of para-hydroxylation sites is 1. The van der Waals surface area contributed by atoms with Gasteiger partial charge in [0.1, 0.15) is 0 Å². The molecular formula is C22H20ClN3O4S. The molecular weight excluding hydrogens is 438 g/mol. The zero-order valence-corrected chi connectivity index (χ0v) is 17.9. The van der Waals surface area contributed by atoms with Crippen molar-refractivity contribution in [3.8, 4) is 0 Å². The first kappa shape index (κ1) is 22.3. The van der Waals surface area contributed by atoms with E-state index in [0.29, 0.717) is 6.42 Å². The molecule has 0 atom stereocenters. The predicted octanol–water partition coefficient (Wildman–Crippen LogP) is 3.53. The van der Waals surface area contributed by atoms with Gasteiger partial charge >= 0.3 is 0 Å². The molecule has 7 nitrogen and oxygen atoms in total.